The number of allylic oxidation sites excluding steroid dienone is 2. The highest BCUT2D eigenvalue weighted by molar-refractivity contribution is 5.92. The molecule has 0 bridgehead atoms. The summed E-state index contributed by atoms with van der Waals surface area (Å²) >= 11 is 0. The maximum Gasteiger partial charge on any atom is 0.410 e. The number of aromatic nitrogens is 2. The number of anilines is 1. The molecule has 5 atom stereocenters. The first-order chi connectivity index (χ1) is 24.4. The number of aliphatic hydroxyl groups excluding tert-OH is 1. The van der Waals surface area contributed by atoms with Crippen LogP contribution in [-0.4, -0.2) is 126 Å². The van der Waals surface area contributed by atoms with E-state index in [4.69, 9.17) is 4.74 Å². The number of nitrogens with zero attached hydrogens (tertiary/aromatic N) is 6. The van der Waals surface area contributed by atoms with Gasteiger partial charge in [-0.15, -0.1) is 0 Å². The number of piperazine rings is 2. The fraction of sp³-hybridized carbons (Fsp3) is 0.553. The van der Waals surface area contributed by atoms with Crippen LogP contribution >= 0.6 is 0 Å². The Balaban J connectivity index is 1.43. The number of aryl methyl sites for hydroxylation is 1. The Hall–Kier alpha value is -4.36. The van der Waals surface area contributed by atoms with E-state index in [9.17, 15) is 28.7 Å². The molecule has 0 spiro atoms. The highest BCUT2D eigenvalue weighted by atomic mass is 19.1. The summed E-state index contributed by atoms with van der Waals surface area (Å²) in [5, 5.41) is 10.1. The minimum Gasteiger partial charge on any atom is -0.442 e. The van der Waals surface area contributed by atoms with Gasteiger partial charge in [0.05, 0.1) is 12.4 Å². The van der Waals surface area contributed by atoms with Gasteiger partial charge in [-0.05, 0) is 68.5 Å². The summed E-state index contributed by atoms with van der Waals surface area (Å²) < 4.78 is 22.6. The standard InChI is InChI=1S/C38H53FN6O6/c1-27(7-9-36(28(2)6-8-33(48)10-19-46)51-38(50)45-13-11-41(4)12-14-45)34(25-47)29(3)20-30-21-31(39)23-32(22-30)43-15-17-44(18-16-43)37(49)35-24-42(5)26-40-35/h7,9,19-28,33-34,36,48H,6,8,10-18H2,1-5H3/b9-7+,29-20+/t27-,28-,33+,34-,36-/m0/s1. The molecular weight excluding hydrogens is 655 g/mol. The zero-order valence-corrected chi connectivity index (χ0v) is 30.5. The van der Waals surface area contributed by atoms with Crippen molar-refractivity contribution in [1.29, 1.82) is 0 Å². The van der Waals surface area contributed by atoms with Gasteiger partial charge in [0.1, 0.15) is 30.2 Å². The third-order valence-corrected chi connectivity index (χ3v) is 9.88. The first-order valence-corrected chi connectivity index (χ1v) is 17.8. The van der Waals surface area contributed by atoms with Crippen LogP contribution in [0.2, 0.25) is 0 Å². The quantitative estimate of drug-likeness (QED) is 0.215. The van der Waals surface area contributed by atoms with Crippen molar-refractivity contribution in [3.8, 4) is 0 Å². The molecule has 1 aromatic carbocycles. The zero-order valence-electron chi connectivity index (χ0n) is 30.5. The molecule has 2 aliphatic heterocycles. The minimum absolute atomic E-state index is 0.0507. The Kier molecular flexibility index (Phi) is 14.5. The minimum atomic E-state index is -0.761. The lowest BCUT2D eigenvalue weighted by Crippen LogP contribution is -2.49. The van der Waals surface area contributed by atoms with Crippen LogP contribution in [0.15, 0.2) is 48.4 Å². The van der Waals surface area contributed by atoms with Gasteiger partial charge in [0.2, 0.25) is 0 Å². The molecule has 3 heterocycles. The predicted octanol–water partition coefficient (Wildman–Crippen LogP) is 4.05. The lowest BCUT2D eigenvalue weighted by Gasteiger charge is -2.36. The number of imidazole rings is 1. The number of amides is 2. The van der Waals surface area contributed by atoms with E-state index >= 15 is 0 Å². The fourth-order valence-corrected chi connectivity index (χ4v) is 6.50. The number of hydrogen-bond acceptors (Lipinski definition) is 9. The number of halogens is 1. The first-order valence-electron chi connectivity index (χ1n) is 17.8. The molecular formula is C38H53FN6O6. The van der Waals surface area contributed by atoms with Crippen LogP contribution in [0.1, 0.15) is 56.1 Å². The maximum absolute atomic E-state index is 14.9. The van der Waals surface area contributed by atoms with Crippen molar-refractivity contribution in [3.05, 3.63) is 65.5 Å². The van der Waals surface area contributed by atoms with E-state index in [-0.39, 0.29) is 24.2 Å². The van der Waals surface area contributed by atoms with Crippen LogP contribution < -0.4 is 4.90 Å². The van der Waals surface area contributed by atoms with E-state index in [1.165, 1.54) is 12.1 Å². The van der Waals surface area contributed by atoms with E-state index < -0.39 is 30.0 Å². The Bertz CT molecular complexity index is 1540. The molecule has 2 aliphatic rings. The summed E-state index contributed by atoms with van der Waals surface area (Å²) in [6.07, 6.45) is 9.57. The highest BCUT2D eigenvalue weighted by Gasteiger charge is 2.27. The van der Waals surface area contributed by atoms with Crippen LogP contribution in [0.5, 0.6) is 0 Å². The van der Waals surface area contributed by atoms with Gasteiger partial charge in [0, 0.05) is 83.6 Å². The number of aliphatic hydroxyl groups is 1. The molecule has 2 amide bonds. The molecule has 13 heteroatoms. The smallest absolute Gasteiger partial charge is 0.410 e. The number of aldehydes is 2. The van der Waals surface area contributed by atoms with Gasteiger partial charge >= 0.3 is 6.09 Å². The summed E-state index contributed by atoms with van der Waals surface area (Å²) in [6.45, 7) is 10.4. The fourth-order valence-electron chi connectivity index (χ4n) is 6.50. The number of ether oxygens (including phenoxy) is 1. The van der Waals surface area contributed by atoms with Crippen LogP contribution in [0, 0.1) is 23.6 Å². The summed E-state index contributed by atoms with van der Waals surface area (Å²) in [5.74, 6) is -1.47. The molecule has 0 aliphatic carbocycles. The molecule has 2 saturated heterocycles. The average Bonchev–Trinajstić information content (AvgIpc) is 3.55. The van der Waals surface area contributed by atoms with E-state index in [0.29, 0.717) is 75.3 Å². The summed E-state index contributed by atoms with van der Waals surface area (Å²) in [5.41, 5.74) is 2.47. The second-order valence-corrected chi connectivity index (χ2v) is 14.0. The van der Waals surface area contributed by atoms with E-state index in [1.54, 1.807) is 26.9 Å². The monoisotopic (exact) mass is 708 g/mol. The largest absolute Gasteiger partial charge is 0.442 e. The average molecular weight is 709 g/mol. The van der Waals surface area contributed by atoms with Crippen molar-refractivity contribution in [1.82, 2.24) is 24.3 Å². The SMILES string of the molecule is C/C(=C\c1cc(F)cc(N2CCN(C(=O)c3cn(C)cn3)CC2)c1)[C@@H](C=O)[C@@H](C)/C=C/[C@H](OC(=O)N1CCN(C)CC1)[C@@H](C)CC[C@@H](O)CC=O. The van der Waals surface area contributed by atoms with Gasteiger partial charge in [0.25, 0.3) is 5.91 Å². The van der Waals surface area contributed by atoms with Crippen molar-refractivity contribution < 1.29 is 33.4 Å². The van der Waals surface area contributed by atoms with Crippen molar-refractivity contribution in [2.75, 3.05) is 64.3 Å². The van der Waals surface area contributed by atoms with Gasteiger partial charge in [0.15, 0.2) is 0 Å². The van der Waals surface area contributed by atoms with Crippen molar-refractivity contribution in [2.45, 2.75) is 52.2 Å². The van der Waals surface area contributed by atoms with E-state index in [2.05, 4.69) is 9.88 Å². The highest BCUT2D eigenvalue weighted by Crippen LogP contribution is 2.27. The number of carbonyl (C=O) groups excluding carboxylic acids is 4. The number of carbonyl (C=O) groups is 4. The van der Waals surface area contributed by atoms with Crippen LogP contribution in [0.3, 0.4) is 0 Å². The molecule has 0 radical (unpaired) electrons. The molecule has 2 fully saturated rings. The lowest BCUT2D eigenvalue weighted by molar-refractivity contribution is -0.111. The third-order valence-electron chi connectivity index (χ3n) is 9.88. The van der Waals surface area contributed by atoms with Crippen LogP contribution in [0.4, 0.5) is 14.9 Å². The van der Waals surface area contributed by atoms with Crippen LogP contribution in [0.25, 0.3) is 6.08 Å². The maximum atomic E-state index is 14.9. The number of benzene rings is 1. The topological polar surface area (TPSA) is 129 Å². The second kappa shape index (κ2) is 18.8. The molecule has 278 valence electrons. The first kappa shape index (κ1) is 39.4. The zero-order chi connectivity index (χ0) is 37.1. The number of rotatable bonds is 15. The second-order valence-electron chi connectivity index (χ2n) is 14.0. The van der Waals surface area contributed by atoms with Gasteiger partial charge in [-0.2, -0.15) is 0 Å². The Labute approximate surface area is 300 Å². The Morgan fingerprint density at radius 1 is 0.961 bits per heavy atom. The van der Waals surface area contributed by atoms with Gasteiger partial charge in [-0.3, -0.25) is 4.79 Å². The van der Waals surface area contributed by atoms with Crippen LogP contribution in [-0.2, 0) is 21.4 Å². The molecule has 4 rings (SSSR count). The summed E-state index contributed by atoms with van der Waals surface area (Å²) in [6, 6.07) is 4.80. The number of likely N-dealkylation sites (N-methyl/N-ethyl adjacent to an activating group) is 1. The van der Waals surface area contributed by atoms with Gasteiger partial charge in [-0.25, -0.2) is 14.2 Å². The molecule has 51 heavy (non-hydrogen) atoms. The van der Waals surface area contributed by atoms with E-state index in [0.717, 1.165) is 24.9 Å². The molecule has 0 unspecified atom stereocenters. The van der Waals surface area contributed by atoms with E-state index in [1.807, 2.05) is 64.1 Å². The molecule has 0 saturated carbocycles. The Morgan fingerprint density at radius 2 is 1.65 bits per heavy atom. The third kappa shape index (κ3) is 11.3. The molecule has 2 aromatic rings. The van der Waals surface area contributed by atoms with Crippen molar-refractivity contribution >= 4 is 36.3 Å². The summed E-state index contributed by atoms with van der Waals surface area (Å²) in [7, 11) is 3.82. The number of hydrogen-bond donors (Lipinski definition) is 1. The van der Waals surface area contributed by atoms with Gasteiger partial charge < -0.3 is 43.6 Å². The summed E-state index contributed by atoms with van der Waals surface area (Å²) in [4.78, 5) is 61.0. The van der Waals surface area contributed by atoms with Crippen molar-refractivity contribution in [3.63, 3.8) is 0 Å². The van der Waals surface area contributed by atoms with Gasteiger partial charge in [-0.1, -0.05) is 31.6 Å². The normalized spacial score (nSPS) is 19.0. The lowest BCUT2D eigenvalue weighted by atomic mass is 9.86. The molecule has 12 nitrogen and oxygen atoms in total. The molecule has 1 N–H and O–H groups in total. The van der Waals surface area contributed by atoms with Crippen molar-refractivity contribution in [2.24, 2.45) is 24.8 Å². The predicted molar refractivity (Wildman–Crippen MR) is 194 cm³/mol. The Morgan fingerprint density at radius 3 is 2.27 bits per heavy atom. The molecule has 1 aromatic heterocycles.